The number of hydrogen-bond acceptors (Lipinski definition) is 5. The van der Waals surface area contributed by atoms with Gasteiger partial charge < -0.3 is 5.32 Å². The second-order valence-electron chi connectivity index (χ2n) is 3.35. The number of hydrogen-bond donors (Lipinski definition) is 2. The lowest BCUT2D eigenvalue weighted by Crippen LogP contribution is -2.26. The standard InChI is InChI=1S/C8H10ClF3N4O2S/c1-13-19(17,18)3-2-14-6-4-5(8(10,11)12)15-7(9)16-6/h4,13H,2-3H2,1H3,(H,14,15,16). The number of aromatic nitrogens is 2. The molecular weight excluding hydrogens is 309 g/mol. The first-order chi connectivity index (χ1) is 8.64. The Morgan fingerprint density at radius 3 is 2.53 bits per heavy atom. The number of rotatable bonds is 5. The molecule has 1 rings (SSSR count). The highest BCUT2D eigenvalue weighted by Gasteiger charge is 2.33. The van der Waals surface area contributed by atoms with Crippen LogP contribution in [0.15, 0.2) is 6.07 Å². The molecule has 0 fully saturated rings. The molecule has 1 aromatic rings. The van der Waals surface area contributed by atoms with Crippen molar-refractivity contribution in [2.45, 2.75) is 6.18 Å². The maximum atomic E-state index is 12.4. The Balaban J connectivity index is 2.77. The van der Waals surface area contributed by atoms with E-state index in [1.807, 2.05) is 0 Å². The number of alkyl halides is 3. The maximum absolute atomic E-state index is 12.4. The molecule has 0 aliphatic rings. The molecule has 19 heavy (non-hydrogen) atoms. The van der Waals surface area contributed by atoms with Crippen LogP contribution in [0.5, 0.6) is 0 Å². The van der Waals surface area contributed by atoms with Gasteiger partial charge >= 0.3 is 6.18 Å². The van der Waals surface area contributed by atoms with Crippen LogP contribution in [0.1, 0.15) is 5.69 Å². The first kappa shape index (κ1) is 15.9. The minimum Gasteiger partial charge on any atom is -0.369 e. The van der Waals surface area contributed by atoms with Crippen LogP contribution in [-0.2, 0) is 16.2 Å². The van der Waals surface area contributed by atoms with Crippen molar-refractivity contribution in [1.29, 1.82) is 0 Å². The number of nitrogens with zero attached hydrogens (tertiary/aromatic N) is 2. The van der Waals surface area contributed by atoms with E-state index in [0.717, 1.165) is 0 Å². The number of sulfonamides is 1. The number of anilines is 1. The maximum Gasteiger partial charge on any atom is 0.433 e. The van der Waals surface area contributed by atoms with Crippen LogP contribution in [-0.4, -0.2) is 37.7 Å². The zero-order chi connectivity index (χ0) is 14.7. The molecule has 2 N–H and O–H groups in total. The van der Waals surface area contributed by atoms with Crippen molar-refractivity contribution < 1.29 is 21.6 Å². The van der Waals surface area contributed by atoms with Gasteiger partial charge in [-0.1, -0.05) is 0 Å². The molecule has 0 bridgehead atoms. The van der Waals surface area contributed by atoms with Gasteiger partial charge in [0.15, 0.2) is 5.69 Å². The molecule has 11 heteroatoms. The van der Waals surface area contributed by atoms with Crippen molar-refractivity contribution in [3.8, 4) is 0 Å². The molecule has 0 atom stereocenters. The minimum atomic E-state index is -4.65. The van der Waals surface area contributed by atoms with Crippen LogP contribution in [0.4, 0.5) is 19.0 Å². The molecule has 0 saturated heterocycles. The van der Waals surface area contributed by atoms with E-state index in [1.54, 1.807) is 0 Å². The van der Waals surface area contributed by atoms with Gasteiger partial charge in [-0.05, 0) is 18.6 Å². The van der Waals surface area contributed by atoms with Gasteiger partial charge in [0.2, 0.25) is 15.3 Å². The van der Waals surface area contributed by atoms with Gasteiger partial charge in [-0.3, -0.25) is 0 Å². The van der Waals surface area contributed by atoms with Crippen molar-refractivity contribution in [2.24, 2.45) is 0 Å². The van der Waals surface area contributed by atoms with Crippen LogP contribution in [0.2, 0.25) is 5.28 Å². The molecule has 108 valence electrons. The van der Waals surface area contributed by atoms with Crippen molar-refractivity contribution in [3.05, 3.63) is 17.0 Å². The number of nitrogens with one attached hydrogen (secondary N) is 2. The topological polar surface area (TPSA) is 84.0 Å². The Morgan fingerprint density at radius 1 is 1.37 bits per heavy atom. The van der Waals surface area contributed by atoms with Gasteiger partial charge in [0.1, 0.15) is 5.82 Å². The smallest absolute Gasteiger partial charge is 0.369 e. The predicted octanol–water partition coefficient (Wildman–Crippen LogP) is 1.11. The van der Waals surface area contributed by atoms with Crippen molar-refractivity contribution in [2.75, 3.05) is 24.7 Å². The lowest BCUT2D eigenvalue weighted by atomic mass is 10.4. The molecular formula is C8H10ClF3N4O2S. The first-order valence-corrected chi connectivity index (χ1v) is 6.94. The van der Waals surface area contributed by atoms with Gasteiger partial charge in [0.05, 0.1) is 5.75 Å². The highest BCUT2D eigenvalue weighted by atomic mass is 35.5. The lowest BCUT2D eigenvalue weighted by Gasteiger charge is -2.09. The van der Waals surface area contributed by atoms with Crippen molar-refractivity contribution >= 4 is 27.4 Å². The van der Waals surface area contributed by atoms with Gasteiger partial charge in [-0.2, -0.15) is 13.2 Å². The summed E-state index contributed by atoms with van der Waals surface area (Å²) in [6.45, 7) is -0.117. The molecule has 0 radical (unpaired) electrons. The monoisotopic (exact) mass is 318 g/mol. The van der Waals surface area contributed by atoms with Crippen LogP contribution in [0.25, 0.3) is 0 Å². The van der Waals surface area contributed by atoms with Gasteiger partial charge in [0.25, 0.3) is 0 Å². The quantitative estimate of drug-likeness (QED) is 0.795. The summed E-state index contributed by atoms with van der Waals surface area (Å²) >= 11 is 5.36. The van der Waals surface area contributed by atoms with Crippen LogP contribution in [0, 0.1) is 0 Å². The van der Waals surface area contributed by atoms with E-state index >= 15 is 0 Å². The molecule has 0 saturated carbocycles. The highest BCUT2D eigenvalue weighted by Crippen LogP contribution is 2.29. The van der Waals surface area contributed by atoms with E-state index in [4.69, 9.17) is 11.6 Å². The van der Waals surface area contributed by atoms with Gasteiger partial charge in [-0.25, -0.2) is 23.1 Å². The lowest BCUT2D eigenvalue weighted by molar-refractivity contribution is -0.141. The molecule has 1 heterocycles. The Kier molecular flexibility index (Phi) is 4.93. The SMILES string of the molecule is CNS(=O)(=O)CCNc1cc(C(F)(F)F)nc(Cl)n1. The van der Waals surface area contributed by atoms with Crippen LogP contribution in [0.3, 0.4) is 0 Å². The fourth-order valence-electron chi connectivity index (χ4n) is 1.07. The largest absolute Gasteiger partial charge is 0.433 e. The summed E-state index contributed by atoms with van der Waals surface area (Å²) in [6.07, 6.45) is -4.65. The second kappa shape index (κ2) is 5.88. The summed E-state index contributed by atoms with van der Waals surface area (Å²) < 4.78 is 61.5. The Bertz CT molecular complexity index is 549. The van der Waals surface area contributed by atoms with Gasteiger partial charge in [-0.15, -0.1) is 0 Å². The van der Waals surface area contributed by atoms with Crippen molar-refractivity contribution in [3.63, 3.8) is 0 Å². The first-order valence-electron chi connectivity index (χ1n) is 4.91. The average molecular weight is 319 g/mol. The summed E-state index contributed by atoms with van der Waals surface area (Å²) in [5, 5.41) is 1.86. The van der Waals surface area contributed by atoms with E-state index in [9.17, 15) is 21.6 Å². The van der Waals surface area contributed by atoms with E-state index in [-0.39, 0.29) is 18.1 Å². The molecule has 0 aliphatic heterocycles. The third kappa shape index (κ3) is 5.17. The molecule has 0 aliphatic carbocycles. The van der Waals surface area contributed by atoms with Crippen molar-refractivity contribution in [1.82, 2.24) is 14.7 Å². The Morgan fingerprint density at radius 2 is 2.00 bits per heavy atom. The predicted molar refractivity (Wildman–Crippen MR) is 63.4 cm³/mol. The summed E-state index contributed by atoms with van der Waals surface area (Å²) in [5.74, 6) is -0.509. The summed E-state index contributed by atoms with van der Waals surface area (Å²) in [4.78, 5) is 6.56. The van der Waals surface area contributed by atoms with Crippen LogP contribution >= 0.6 is 11.6 Å². The second-order valence-corrected chi connectivity index (χ2v) is 5.74. The fraction of sp³-hybridized carbons (Fsp3) is 0.500. The third-order valence-corrected chi connectivity index (χ3v) is 3.51. The highest BCUT2D eigenvalue weighted by molar-refractivity contribution is 7.89. The zero-order valence-electron chi connectivity index (χ0n) is 9.62. The molecule has 1 aromatic heterocycles. The molecule has 0 unspecified atom stereocenters. The molecule has 0 spiro atoms. The van der Waals surface area contributed by atoms with E-state index in [1.165, 1.54) is 7.05 Å². The normalized spacial score (nSPS) is 12.5. The van der Waals surface area contributed by atoms with E-state index in [0.29, 0.717) is 6.07 Å². The summed E-state index contributed by atoms with van der Waals surface area (Å²) in [6, 6.07) is 0.651. The minimum absolute atomic E-state index is 0.117. The van der Waals surface area contributed by atoms with E-state index in [2.05, 4.69) is 20.0 Å². The Labute approximate surface area is 112 Å². The zero-order valence-corrected chi connectivity index (χ0v) is 11.2. The average Bonchev–Trinajstić information content (AvgIpc) is 2.27. The molecule has 0 amide bonds. The molecule has 6 nitrogen and oxygen atoms in total. The molecule has 0 aromatic carbocycles. The third-order valence-electron chi connectivity index (χ3n) is 1.98. The van der Waals surface area contributed by atoms with Crippen LogP contribution < -0.4 is 10.0 Å². The fourth-order valence-corrected chi connectivity index (χ4v) is 1.83. The van der Waals surface area contributed by atoms with Gasteiger partial charge in [0, 0.05) is 12.6 Å². The Hall–Kier alpha value is -1.13. The number of halogens is 4. The van der Waals surface area contributed by atoms with E-state index < -0.39 is 27.2 Å². The summed E-state index contributed by atoms with van der Waals surface area (Å²) in [7, 11) is -2.21. The summed E-state index contributed by atoms with van der Waals surface area (Å²) in [5.41, 5.74) is -1.20.